The molecule has 8 heteroatoms. The normalized spacial score (nSPS) is 43.7. The van der Waals surface area contributed by atoms with Crippen LogP contribution in [0.1, 0.15) is 25.7 Å². The zero-order chi connectivity index (χ0) is 16.6. The monoisotopic (exact) mass is 324 g/mol. The van der Waals surface area contributed by atoms with E-state index < -0.39 is 72.1 Å². The summed E-state index contributed by atoms with van der Waals surface area (Å²) in [6.45, 7) is 0. The van der Waals surface area contributed by atoms with Crippen LogP contribution in [0.3, 0.4) is 0 Å². The zero-order valence-electron chi connectivity index (χ0n) is 12.1. The molecule has 0 spiro atoms. The molecule has 0 N–H and O–H groups in total. The summed E-state index contributed by atoms with van der Waals surface area (Å²) in [4.78, 5) is 24.1. The quantitative estimate of drug-likeness (QED) is 0.578. The number of ether oxygens (including phenoxy) is 2. The van der Waals surface area contributed by atoms with Crippen LogP contribution >= 0.6 is 0 Å². The molecule has 0 aromatic rings. The molecule has 0 radical (unpaired) electrons. The Morgan fingerprint density at radius 2 is 1.23 bits per heavy atom. The van der Waals surface area contributed by atoms with E-state index in [9.17, 15) is 27.2 Å². The van der Waals surface area contributed by atoms with Gasteiger partial charge < -0.3 is 9.47 Å². The van der Waals surface area contributed by atoms with Crippen molar-refractivity contribution in [1.82, 2.24) is 0 Å². The number of methoxy groups -OCH3 is 2. The average molecular weight is 324 g/mol. The molecule has 4 aliphatic rings. The van der Waals surface area contributed by atoms with Crippen LogP contribution in [0.5, 0.6) is 0 Å². The van der Waals surface area contributed by atoms with Crippen molar-refractivity contribution >= 4 is 11.9 Å². The molecule has 0 aliphatic heterocycles. The van der Waals surface area contributed by atoms with Gasteiger partial charge in [0.25, 0.3) is 11.8 Å². The van der Waals surface area contributed by atoms with E-state index in [-0.39, 0.29) is 0 Å². The van der Waals surface area contributed by atoms with Gasteiger partial charge in [0.1, 0.15) is 10.8 Å². The van der Waals surface area contributed by atoms with Crippen LogP contribution in [0.15, 0.2) is 0 Å². The first kappa shape index (κ1) is 15.6. The maximum Gasteiger partial charge on any atom is 0.318 e. The molecule has 4 aliphatic carbocycles. The molecule has 0 saturated heterocycles. The molecule has 4 rings (SSSR count). The summed E-state index contributed by atoms with van der Waals surface area (Å²) in [5.41, 5.74) is -4.74. The van der Waals surface area contributed by atoms with Crippen molar-refractivity contribution in [2.75, 3.05) is 14.2 Å². The molecule has 124 valence electrons. The number of carbonyl (C=O) groups is 2. The summed E-state index contributed by atoms with van der Waals surface area (Å²) in [7, 11) is 1.89. The molecule has 0 amide bonds. The molecular weight excluding hydrogens is 308 g/mol. The molecule has 4 fully saturated rings. The first-order chi connectivity index (χ1) is 10.1. The molecular formula is C14H16F4O4. The molecule has 4 unspecified atom stereocenters. The highest BCUT2D eigenvalue weighted by molar-refractivity contribution is 5.85. The Morgan fingerprint density at radius 3 is 1.55 bits per heavy atom. The molecule has 22 heavy (non-hydrogen) atoms. The molecule has 0 aromatic carbocycles. The van der Waals surface area contributed by atoms with Crippen LogP contribution in [0.4, 0.5) is 17.6 Å². The number of halogens is 4. The van der Waals surface area contributed by atoms with E-state index in [4.69, 9.17) is 0 Å². The van der Waals surface area contributed by atoms with Gasteiger partial charge in [-0.25, -0.2) is 17.6 Å². The van der Waals surface area contributed by atoms with E-state index in [0.717, 1.165) is 14.2 Å². The van der Waals surface area contributed by atoms with Crippen molar-refractivity contribution in [3.05, 3.63) is 0 Å². The second-order valence-electron chi connectivity index (χ2n) is 6.61. The minimum Gasteiger partial charge on any atom is -0.468 e. The van der Waals surface area contributed by atoms with Crippen LogP contribution in [0, 0.1) is 22.7 Å². The predicted octanol–water partition coefficient (Wildman–Crippen LogP) is 2.41. The van der Waals surface area contributed by atoms with E-state index in [0.29, 0.717) is 0 Å². The van der Waals surface area contributed by atoms with E-state index in [1.807, 2.05) is 0 Å². The van der Waals surface area contributed by atoms with Gasteiger partial charge >= 0.3 is 11.9 Å². The van der Waals surface area contributed by atoms with E-state index in [2.05, 4.69) is 9.47 Å². The lowest BCUT2D eigenvalue weighted by Crippen LogP contribution is -2.74. The zero-order valence-corrected chi connectivity index (χ0v) is 12.1. The van der Waals surface area contributed by atoms with E-state index >= 15 is 0 Å². The van der Waals surface area contributed by atoms with Crippen LogP contribution in [-0.4, -0.2) is 38.0 Å². The Bertz CT molecular complexity index is 503. The molecule has 4 saturated carbocycles. The largest absolute Gasteiger partial charge is 0.468 e. The van der Waals surface area contributed by atoms with Crippen molar-refractivity contribution in [3.63, 3.8) is 0 Å². The average Bonchev–Trinajstić information content (AvgIpc) is 2.43. The second kappa shape index (κ2) is 4.14. The van der Waals surface area contributed by atoms with Crippen molar-refractivity contribution in [2.45, 2.75) is 37.5 Å². The van der Waals surface area contributed by atoms with Crippen LogP contribution < -0.4 is 0 Å². The van der Waals surface area contributed by atoms with Gasteiger partial charge in [-0.15, -0.1) is 0 Å². The Hall–Kier alpha value is -1.34. The van der Waals surface area contributed by atoms with Gasteiger partial charge in [0.2, 0.25) is 0 Å². The van der Waals surface area contributed by atoms with Crippen molar-refractivity contribution in [3.8, 4) is 0 Å². The number of carbonyl (C=O) groups excluding carboxylic acids is 2. The van der Waals surface area contributed by atoms with Crippen LogP contribution in [0.25, 0.3) is 0 Å². The van der Waals surface area contributed by atoms with Gasteiger partial charge in [0, 0.05) is 11.8 Å². The molecule has 4 bridgehead atoms. The highest BCUT2D eigenvalue weighted by Gasteiger charge is 2.84. The fourth-order valence-electron chi connectivity index (χ4n) is 4.83. The topological polar surface area (TPSA) is 52.6 Å². The fourth-order valence-corrected chi connectivity index (χ4v) is 4.83. The lowest BCUT2D eigenvalue weighted by molar-refractivity contribution is -0.338. The Balaban J connectivity index is 2.19. The van der Waals surface area contributed by atoms with Gasteiger partial charge in [-0.3, -0.25) is 9.59 Å². The van der Waals surface area contributed by atoms with Crippen molar-refractivity contribution in [2.24, 2.45) is 22.7 Å². The summed E-state index contributed by atoms with van der Waals surface area (Å²) >= 11 is 0. The Labute approximate surface area is 124 Å². The maximum atomic E-state index is 14.7. The summed E-state index contributed by atoms with van der Waals surface area (Å²) in [6.07, 6.45) is -2.69. The Morgan fingerprint density at radius 1 is 0.864 bits per heavy atom. The highest BCUT2D eigenvalue weighted by atomic mass is 19.3. The molecule has 4 nitrogen and oxygen atoms in total. The second-order valence-corrected chi connectivity index (χ2v) is 6.61. The molecule has 4 atom stereocenters. The number of hydrogen-bond acceptors (Lipinski definition) is 4. The third-order valence-electron chi connectivity index (χ3n) is 5.82. The number of alkyl halides is 4. The molecule has 0 aromatic heterocycles. The number of rotatable bonds is 2. The minimum absolute atomic E-state index is 0.405. The van der Waals surface area contributed by atoms with Gasteiger partial charge in [-0.05, 0) is 25.7 Å². The lowest BCUT2D eigenvalue weighted by Gasteiger charge is -2.64. The minimum atomic E-state index is -3.47. The van der Waals surface area contributed by atoms with Crippen molar-refractivity contribution in [1.29, 1.82) is 0 Å². The predicted molar refractivity (Wildman–Crippen MR) is 64.2 cm³/mol. The van der Waals surface area contributed by atoms with E-state index in [1.165, 1.54) is 0 Å². The van der Waals surface area contributed by atoms with Crippen LogP contribution in [-0.2, 0) is 19.1 Å². The highest BCUT2D eigenvalue weighted by Crippen LogP contribution is 2.75. The molecule has 0 heterocycles. The summed E-state index contributed by atoms with van der Waals surface area (Å²) in [6, 6.07) is 0. The third kappa shape index (κ3) is 1.39. The maximum absolute atomic E-state index is 14.7. The standard InChI is InChI=1S/C14H16F4O4/c1-21-9(19)11-4-7-3-8(13(11,15)16)5-12(6-11,10(20)22-2)14(7,17)18/h7-8H,3-6H2,1-2H3. The fraction of sp³-hybridized carbons (Fsp3) is 0.857. The summed E-state index contributed by atoms with van der Waals surface area (Å²) < 4.78 is 67.7. The first-order valence-electron chi connectivity index (χ1n) is 7.01. The third-order valence-corrected chi connectivity index (χ3v) is 5.82. The van der Waals surface area contributed by atoms with Gasteiger partial charge in [-0.2, -0.15) is 0 Å². The number of esters is 2. The van der Waals surface area contributed by atoms with Crippen molar-refractivity contribution < 1.29 is 36.6 Å². The van der Waals surface area contributed by atoms with Gasteiger partial charge in [0.15, 0.2) is 0 Å². The van der Waals surface area contributed by atoms with Crippen LogP contribution in [0.2, 0.25) is 0 Å². The van der Waals surface area contributed by atoms with Gasteiger partial charge in [0.05, 0.1) is 14.2 Å². The number of hydrogen-bond donors (Lipinski definition) is 0. The lowest BCUT2D eigenvalue weighted by atomic mass is 9.41. The van der Waals surface area contributed by atoms with E-state index in [1.54, 1.807) is 0 Å². The summed E-state index contributed by atoms with van der Waals surface area (Å²) in [5.74, 6) is -12.3. The summed E-state index contributed by atoms with van der Waals surface area (Å²) in [5, 5.41) is 0. The van der Waals surface area contributed by atoms with Gasteiger partial charge in [-0.1, -0.05) is 0 Å². The Kier molecular flexibility index (Phi) is 2.93. The first-order valence-corrected chi connectivity index (χ1v) is 7.01. The smallest absolute Gasteiger partial charge is 0.318 e. The SMILES string of the molecule is COC(=O)C12CC3CC(CC(C(=O)OC)(C1)C3(F)F)C2(F)F.